The lowest BCUT2D eigenvalue weighted by molar-refractivity contribution is -0.109. The number of ether oxygens (including phenoxy) is 1. The lowest BCUT2D eigenvalue weighted by Crippen LogP contribution is -2.36. The van der Waals surface area contributed by atoms with Gasteiger partial charge >= 0.3 is 0 Å². The molecule has 0 aliphatic carbocycles. The summed E-state index contributed by atoms with van der Waals surface area (Å²) in [5.41, 5.74) is 0. The minimum absolute atomic E-state index is 0.340. The minimum Gasteiger partial charge on any atom is -0.375 e. The summed E-state index contributed by atoms with van der Waals surface area (Å²) >= 11 is 0. The van der Waals surface area contributed by atoms with Gasteiger partial charge in [-0.25, -0.2) is 0 Å². The molecule has 70 valence electrons. The van der Waals surface area contributed by atoms with Gasteiger partial charge in [-0.1, -0.05) is 0 Å². The van der Waals surface area contributed by atoms with Crippen LogP contribution in [0, 0.1) is 0 Å². The van der Waals surface area contributed by atoms with Crippen LogP contribution < -0.4 is 10.6 Å². The summed E-state index contributed by atoms with van der Waals surface area (Å²) in [6.45, 7) is 3.28. The molecule has 4 nitrogen and oxygen atoms in total. The summed E-state index contributed by atoms with van der Waals surface area (Å²) in [5, 5.41) is 5.82. The first-order chi connectivity index (χ1) is 5.93. The van der Waals surface area contributed by atoms with Crippen molar-refractivity contribution in [2.24, 2.45) is 0 Å². The maximum absolute atomic E-state index is 9.88. The van der Waals surface area contributed by atoms with Gasteiger partial charge < -0.3 is 15.4 Å². The zero-order chi connectivity index (χ0) is 8.65. The van der Waals surface area contributed by atoms with Crippen LogP contribution >= 0.6 is 0 Å². The third kappa shape index (κ3) is 3.69. The van der Waals surface area contributed by atoms with Crippen LogP contribution in [0.15, 0.2) is 0 Å². The Hall–Kier alpha value is -0.610. The molecular formula is C8H16N2O2. The Bertz CT molecular complexity index is 124. The van der Waals surface area contributed by atoms with Crippen LogP contribution in [-0.4, -0.2) is 38.8 Å². The van der Waals surface area contributed by atoms with Crippen LogP contribution in [-0.2, 0) is 9.53 Å². The van der Waals surface area contributed by atoms with Crippen molar-refractivity contribution in [1.29, 1.82) is 0 Å². The standard InChI is InChI=1S/C8H16N2O2/c11-7-10-4-5-12-8-2-1-3-9-6-8/h7-9H,1-6H2,(H,10,11)/t8-/m0/s1. The van der Waals surface area contributed by atoms with E-state index in [1.807, 2.05) is 0 Å². The molecule has 1 amide bonds. The average molecular weight is 172 g/mol. The molecule has 0 aromatic heterocycles. The van der Waals surface area contributed by atoms with Crippen molar-refractivity contribution in [2.45, 2.75) is 18.9 Å². The van der Waals surface area contributed by atoms with Crippen molar-refractivity contribution in [3.63, 3.8) is 0 Å². The molecule has 1 aliphatic heterocycles. The molecule has 0 saturated carbocycles. The normalized spacial score (nSPS) is 23.5. The maximum Gasteiger partial charge on any atom is 0.207 e. The summed E-state index contributed by atoms with van der Waals surface area (Å²) in [4.78, 5) is 9.88. The van der Waals surface area contributed by atoms with Crippen molar-refractivity contribution in [1.82, 2.24) is 10.6 Å². The van der Waals surface area contributed by atoms with E-state index in [9.17, 15) is 4.79 Å². The highest BCUT2D eigenvalue weighted by Gasteiger charge is 2.11. The van der Waals surface area contributed by atoms with Crippen molar-refractivity contribution in [3.05, 3.63) is 0 Å². The molecule has 0 aromatic carbocycles. The summed E-state index contributed by atoms with van der Waals surface area (Å²) in [5.74, 6) is 0. The third-order valence-corrected chi connectivity index (χ3v) is 1.93. The van der Waals surface area contributed by atoms with E-state index in [0.717, 1.165) is 19.5 Å². The Morgan fingerprint density at radius 2 is 2.58 bits per heavy atom. The molecule has 1 aliphatic rings. The molecule has 2 N–H and O–H groups in total. The van der Waals surface area contributed by atoms with Gasteiger partial charge in [-0.3, -0.25) is 4.79 Å². The highest BCUT2D eigenvalue weighted by molar-refractivity contribution is 5.45. The highest BCUT2D eigenvalue weighted by Crippen LogP contribution is 2.04. The van der Waals surface area contributed by atoms with Crippen LogP contribution in [0.1, 0.15) is 12.8 Å². The van der Waals surface area contributed by atoms with E-state index in [-0.39, 0.29) is 0 Å². The van der Waals surface area contributed by atoms with Crippen LogP contribution in [0.2, 0.25) is 0 Å². The number of carbonyl (C=O) groups is 1. The van der Waals surface area contributed by atoms with Gasteiger partial charge in [0, 0.05) is 13.1 Å². The Balaban J connectivity index is 1.94. The Labute approximate surface area is 72.7 Å². The monoisotopic (exact) mass is 172 g/mol. The summed E-state index contributed by atoms with van der Waals surface area (Å²) in [6, 6.07) is 0. The summed E-state index contributed by atoms with van der Waals surface area (Å²) < 4.78 is 5.50. The lowest BCUT2D eigenvalue weighted by Gasteiger charge is -2.22. The second kappa shape index (κ2) is 5.97. The van der Waals surface area contributed by atoms with E-state index in [0.29, 0.717) is 25.7 Å². The molecule has 1 heterocycles. The quantitative estimate of drug-likeness (QED) is 0.434. The minimum atomic E-state index is 0.340. The number of rotatable bonds is 5. The molecule has 1 rings (SSSR count). The van der Waals surface area contributed by atoms with Gasteiger partial charge in [0.1, 0.15) is 0 Å². The van der Waals surface area contributed by atoms with Gasteiger partial charge in [-0.2, -0.15) is 0 Å². The smallest absolute Gasteiger partial charge is 0.207 e. The number of nitrogens with one attached hydrogen (secondary N) is 2. The van der Waals surface area contributed by atoms with Gasteiger partial charge in [0.2, 0.25) is 6.41 Å². The molecule has 0 aromatic rings. The first kappa shape index (κ1) is 9.48. The number of hydrogen-bond donors (Lipinski definition) is 2. The topological polar surface area (TPSA) is 50.4 Å². The van der Waals surface area contributed by atoms with Gasteiger partial charge in [-0.15, -0.1) is 0 Å². The highest BCUT2D eigenvalue weighted by atomic mass is 16.5. The molecule has 0 spiro atoms. The fourth-order valence-corrected chi connectivity index (χ4v) is 1.31. The predicted octanol–water partition coefficient (Wildman–Crippen LogP) is -0.499. The van der Waals surface area contributed by atoms with Crippen molar-refractivity contribution in [3.8, 4) is 0 Å². The molecule has 4 heteroatoms. The van der Waals surface area contributed by atoms with E-state index in [1.54, 1.807) is 0 Å². The maximum atomic E-state index is 9.88. The Kier molecular flexibility index (Phi) is 4.71. The predicted molar refractivity (Wildman–Crippen MR) is 45.9 cm³/mol. The zero-order valence-corrected chi connectivity index (χ0v) is 7.21. The van der Waals surface area contributed by atoms with Gasteiger partial charge in [-0.05, 0) is 19.4 Å². The summed E-state index contributed by atoms with van der Waals surface area (Å²) in [6.07, 6.45) is 3.36. The molecule has 1 saturated heterocycles. The second-order valence-electron chi connectivity index (χ2n) is 2.91. The van der Waals surface area contributed by atoms with E-state index >= 15 is 0 Å². The van der Waals surface area contributed by atoms with E-state index < -0.39 is 0 Å². The lowest BCUT2D eigenvalue weighted by atomic mass is 10.1. The molecule has 0 unspecified atom stereocenters. The molecule has 12 heavy (non-hydrogen) atoms. The van der Waals surface area contributed by atoms with E-state index in [1.165, 1.54) is 6.42 Å². The second-order valence-corrected chi connectivity index (χ2v) is 2.91. The fraction of sp³-hybridized carbons (Fsp3) is 0.875. The number of hydrogen-bond acceptors (Lipinski definition) is 3. The largest absolute Gasteiger partial charge is 0.375 e. The van der Waals surface area contributed by atoms with Gasteiger partial charge in [0.15, 0.2) is 0 Å². The van der Waals surface area contributed by atoms with Crippen molar-refractivity contribution >= 4 is 6.41 Å². The summed E-state index contributed by atoms with van der Waals surface area (Å²) in [7, 11) is 0. The van der Waals surface area contributed by atoms with Crippen molar-refractivity contribution < 1.29 is 9.53 Å². The Morgan fingerprint density at radius 3 is 3.25 bits per heavy atom. The van der Waals surface area contributed by atoms with Crippen LogP contribution in [0.3, 0.4) is 0 Å². The Morgan fingerprint density at radius 1 is 1.67 bits per heavy atom. The molecule has 1 fully saturated rings. The zero-order valence-electron chi connectivity index (χ0n) is 7.21. The SMILES string of the molecule is O=CNCCO[C@H]1CCCNC1. The van der Waals surface area contributed by atoms with Crippen molar-refractivity contribution in [2.75, 3.05) is 26.2 Å². The molecule has 0 bridgehead atoms. The van der Waals surface area contributed by atoms with Gasteiger partial charge in [0.05, 0.1) is 12.7 Å². The number of carbonyl (C=O) groups excluding carboxylic acids is 1. The number of piperidine rings is 1. The average Bonchev–Trinajstić information content (AvgIpc) is 2.14. The molecular weight excluding hydrogens is 156 g/mol. The first-order valence-electron chi connectivity index (χ1n) is 4.43. The number of amides is 1. The first-order valence-corrected chi connectivity index (χ1v) is 4.43. The van der Waals surface area contributed by atoms with Crippen LogP contribution in [0.25, 0.3) is 0 Å². The van der Waals surface area contributed by atoms with Crippen LogP contribution in [0.4, 0.5) is 0 Å². The van der Waals surface area contributed by atoms with Crippen LogP contribution in [0.5, 0.6) is 0 Å². The van der Waals surface area contributed by atoms with E-state index in [4.69, 9.17) is 4.74 Å². The third-order valence-electron chi connectivity index (χ3n) is 1.93. The van der Waals surface area contributed by atoms with E-state index in [2.05, 4.69) is 10.6 Å². The fourth-order valence-electron chi connectivity index (χ4n) is 1.31. The van der Waals surface area contributed by atoms with Gasteiger partial charge in [0.25, 0.3) is 0 Å². The molecule has 1 atom stereocenters. The molecule has 0 radical (unpaired) electrons.